The zero-order valence-corrected chi connectivity index (χ0v) is 6.17. The second-order valence-corrected chi connectivity index (χ2v) is 2.70. The molecule has 1 aliphatic rings. The molecule has 1 rings (SSSR count). The number of hydrogen-bond acceptors (Lipinski definition) is 2. The highest BCUT2D eigenvalue weighted by atomic mass is 16.5. The minimum absolute atomic E-state index is 0.244. The van der Waals surface area contributed by atoms with Crippen LogP contribution >= 0.6 is 0 Å². The average molecular weight is 143 g/mol. The maximum Gasteiger partial charge on any atom is 0.207 e. The molecule has 0 aliphatic carbocycles. The van der Waals surface area contributed by atoms with Crippen molar-refractivity contribution in [3.8, 4) is 0 Å². The lowest BCUT2D eigenvalue weighted by Crippen LogP contribution is -2.38. The molecule has 1 N–H and O–H groups in total. The second kappa shape index (κ2) is 3.56. The van der Waals surface area contributed by atoms with Crippen molar-refractivity contribution in [3.05, 3.63) is 0 Å². The van der Waals surface area contributed by atoms with Crippen LogP contribution in [0.5, 0.6) is 0 Å². The molecule has 0 spiro atoms. The van der Waals surface area contributed by atoms with Gasteiger partial charge in [0.25, 0.3) is 0 Å². The molecule has 58 valence electrons. The molecule has 0 bridgehead atoms. The van der Waals surface area contributed by atoms with E-state index in [0.717, 1.165) is 19.3 Å². The highest BCUT2D eigenvalue weighted by Crippen LogP contribution is 2.11. The van der Waals surface area contributed by atoms with Crippen LogP contribution in [-0.2, 0) is 9.53 Å². The van der Waals surface area contributed by atoms with Crippen LogP contribution in [0.15, 0.2) is 0 Å². The topological polar surface area (TPSA) is 38.3 Å². The van der Waals surface area contributed by atoms with E-state index in [-0.39, 0.29) is 6.04 Å². The number of hydrogen-bond donors (Lipinski definition) is 1. The third-order valence-electron chi connectivity index (χ3n) is 1.81. The molecule has 10 heavy (non-hydrogen) atoms. The normalized spacial score (nSPS) is 33.3. The Balaban J connectivity index is 2.19. The summed E-state index contributed by atoms with van der Waals surface area (Å²) in [7, 11) is 0. The quantitative estimate of drug-likeness (QED) is 0.564. The Labute approximate surface area is 60.7 Å². The van der Waals surface area contributed by atoms with E-state index in [4.69, 9.17) is 4.74 Å². The molecular weight excluding hydrogens is 130 g/mol. The largest absolute Gasteiger partial charge is 0.376 e. The van der Waals surface area contributed by atoms with Gasteiger partial charge >= 0.3 is 0 Å². The van der Waals surface area contributed by atoms with Gasteiger partial charge in [0.2, 0.25) is 6.41 Å². The number of carbonyl (C=O) groups excluding carboxylic acids is 1. The van der Waals surface area contributed by atoms with Gasteiger partial charge in [-0.1, -0.05) is 0 Å². The fraction of sp³-hybridized carbons (Fsp3) is 0.857. The van der Waals surface area contributed by atoms with Crippen molar-refractivity contribution >= 4 is 6.41 Å². The van der Waals surface area contributed by atoms with E-state index in [9.17, 15) is 4.79 Å². The minimum atomic E-state index is 0.244. The monoisotopic (exact) mass is 143 g/mol. The van der Waals surface area contributed by atoms with Gasteiger partial charge in [-0.25, -0.2) is 0 Å². The van der Waals surface area contributed by atoms with E-state index in [1.807, 2.05) is 0 Å². The Hall–Kier alpha value is -0.570. The zero-order valence-electron chi connectivity index (χ0n) is 6.17. The molecule has 1 aliphatic heterocycles. The standard InChI is InChI=1S/C7H13NO2/c1-6-2-3-7(4-10-6)8-5-9/h5-7H,2-4H2,1H3,(H,8,9). The predicted octanol–water partition coefficient (Wildman–Crippen LogP) is 0.300. The number of amides is 1. The van der Waals surface area contributed by atoms with Crippen LogP contribution in [0.2, 0.25) is 0 Å². The molecule has 1 heterocycles. The Morgan fingerprint density at radius 1 is 1.60 bits per heavy atom. The van der Waals surface area contributed by atoms with Gasteiger partial charge in [0, 0.05) is 0 Å². The third-order valence-corrected chi connectivity index (χ3v) is 1.81. The first-order valence-corrected chi connectivity index (χ1v) is 3.64. The lowest BCUT2D eigenvalue weighted by Gasteiger charge is -2.25. The fourth-order valence-corrected chi connectivity index (χ4v) is 1.11. The summed E-state index contributed by atoms with van der Waals surface area (Å²) in [5, 5.41) is 2.70. The molecule has 1 saturated heterocycles. The molecule has 1 amide bonds. The van der Waals surface area contributed by atoms with Crippen LogP contribution < -0.4 is 5.32 Å². The predicted molar refractivity (Wildman–Crippen MR) is 37.6 cm³/mol. The number of rotatable bonds is 2. The Bertz CT molecular complexity index is 108. The van der Waals surface area contributed by atoms with Crippen molar-refractivity contribution in [2.45, 2.75) is 31.9 Å². The summed E-state index contributed by atoms with van der Waals surface area (Å²) >= 11 is 0. The summed E-state index contributed by atoms with van der Waals surface area (Å²) in [6.07, 6.45) is 3.19. The lowest BCUT2D eigenvalue weighted by atomic mass is 10.1. The van der Waals surface area contributed by atoms with Gasteiger partial charge in [-0.05, 0) is 19.8 Å². The van der Waals surface area contributed by atoms with Gasteiger partial charge in [0.05, 0.1) is 18.8 Å². The van der Waals surface area contributed by atoms with Crippen LogP contribution in [0.4, 0.5) is 0 Å². The van der Waals surface area contributed by atoms with Crippen LogP contribution in [0.1, 0.15) is 19.8 Å². The van der Waals surface area contributed by atoms with Crippen LogP contribution in [-0.4, -0.2) is 25.2 Å². The first-order valence-electron chi connectivity index (χ1n) is 3.64. The van der Waals surface area contributed by atoms with Crippen molar-refractivity contribution in [3.63, 3.8) is 0 Å². The third kappa shape index (κ3) is 1.99. The maximum absolute atomic E-state index is 9.99. The SMILES string of the molecule is CC1CCC(NC=O)CO1. The maximum atomic E-state index is 9.99. The first kappa shape index (κ1) is 7.54. The number of ether oxygens (including phenoxy) is 1. The highest BCUT2D eigenvalue weighted by molar-refractivity contribution is 5.46. The van der Waals surface area contributed by atoms with Crippen molar-refractivity contribution in [2.24, 2.45) is 0 Å². The van der Waals surface area contributed by atoms with Crippen molar-refractivity contribution in [1.29, 1.82) is 0 Å². The summed E-state index contributed by atoms with van der Waals surface area (Å²) in [4.78, 5) is 9.99. The Morgan fingerprint density at radius 3 is 2.90 bits per heavy atom. The van der Waals surface area contributed by atoms with Gasteiger partial charge < -0.3 is 10.1 Å². The van der Waals surface area contributed by atoms with Crippen LogP contribution in [0.3, 0.4) is 0 Å². The van der Waals surface area contributed by atoms with Gasteiger partial charge in [-0.3, -0.25) is 4.79 Å². The van der Waals surface area contributed by atoms with E-state index >= 15 is 0 Å². The molecule has 0 saturated carbocycles. The summed E-state index contributed by atoms with van der Waals surface area (Å²) in [5.41, 5.74) is 0. The first-order chi connectivity index (χ1) is 4.83. The molecule has 0 aromatic rings. The average Bonchev–Trinajstić information content (AvgIpc) is 1.95. The molecular formula is C7H13NO2. The van der Waals surface area contributed by atoms with Crippen LogP contribution in [0, 0.1) is 0 Å². The van der Waals surface area contributed by atoms with Crippen molar-refractivity contribution < 1.29 is 9.53 Å². The summed E-state index contributed by atoms with van der Waals surface area (Å²) < 4.78 is 5.32. The summed E-state index contributed by atoms with van der Waals surface area (Å²) in [6.45, 7) is 2.72. The molecule has 3 nitrogen and oxygen atoms in total. The molecule has 0 aromatic carbocycles. The molecule has 1 fully saturated rings. The number of carbonyl (C=O) groups is 1. The molecule has 2 atom stereocenters. The fourth-order valence-electron chi connectivity index (χ4n) is 1.11. The Morgan fingerprint density at radius 2 is 2.40 bits per heavy atom. The van der Waals surface area contributed by atoms with E-state index < -0.39 is 0 Å². The van der Waals surface area contributed by atoms with E-state index in [0.29, 0.717) is 12.7 Å². The van der Waals surface area contributed by atoms with Gasteiger partial charge in [-0.2, -0.15) is 0 Å². The van der Waals surface area contributed by atoms with Crippen molar-refractivity contribution in [1.82, 2.24) is 5.32 Å². The van der Waals surface area contributed by atoms with Crippen molar-refractivity contribution in [2.75, 3.05) is 6.61 Å². The Kier molecular flexibility index (Phi) is 2.68. The number of nitrogens with one attached hydrogen (secondary N) is 1. The highest BCUT2D eigenvalue weighted by Gasteiger charge is 2.16. The van der Waals surface area contributed by atoms with E-state index in [1.165, 1.54) is 0 Å². The van der Waals surface area contributed by atoms with Gasteiger partial charge in [0.1, 0.15) is 0 Å². The minimum Gasteiger partial charge on any atom is -0.376 e. The molecule has 0 aromatic heterocycles. The second-order valence-electron chi connectivity index (χ2n) is 2.70. The molecule has 0 radical (unpaired) electrons. The van der Waals surface area contributed by atoms with Crippen LogP contribution in [0.25, 0.3) is 0 Å². The van der Waals surface area contributed by atoms with E-state index in [1.54, 1.807) is 0 Å². The molecule has 2 unspecified atom stereocenters. The summed E-state index contributed by atoms with van der Waals surface area (Å²) in [6, 6.07) is 0.244. The summed E-state index contributed by atoms with van der Waals surface area (Å²) in [5.74, 6) is 0. The van der Waals surface area contributed by atoms with Gasteiger partial charge in [-0.15, -0.1) is 0 Å². The zero-order chi connectivity index (χ0) is 7.40. The molecule has 3 heteroatoms. The smallest absolute Gasteiger partial charge is 0.207 e. The van der Waals surface area contributed by atoms with Gasteiger partial charge in [0.15, 0.2) is 0 Å². The van der Waals surface area contributed by atoms with E-state index in [2.05, 4.69) is 12.2 Å². The lowest BCUT2D eigenvalue weighted by molar-refractivity contribution is -0.111.